The second-order valence-corrected chi connectivity index (χ2v) is 8.46. The largest absolute Gasteiger partial charge is 0.493 e. The minimum absolute atomic E-state index is 0.105. The van der Waals surface area contributed by atoms with Crippen LogP contribution in [0.5, 0.6) is 11.5 Å². The van der Waals surface area contributed by atoms with E-state index in [1.54, 1.807) is 35.7 Å². The Hall–Kier alpha value is -3.37. The molecule has 1 aromatic heterocycles. The monoisotopic (exact) mass is 445 g/mol. The molecule has 0 bridgehead atoms. The summed E-state index contributed by atoms with van der Waals surface area (Å²) >= 11 is 1.19. The molecular formula is C20H19N3O5S2. The van der Waals surface area contributed by atoms with Crippen molar-refractivity contribution in [2.75, 3.05) is 24.3 Å². The lowest BCUT2D eigenvalue weighted by molar-refractivity contribution is 0.104. The van der Waals surface area contributed by atoms with Crippen LogP contribution in [-0.4, -0.2) is 33.4 Å². The average Bonchev–Trinajstić information content (AvgIpc) is 3.25. The van der Waals surface area contributed by atoms with E-state index < -0.39 is 10.0 Å². The number of thiazole rings is 1. The molecule has 0 atom stereocenters. The SMILES string of the molecule is COc1ccc(C(=O)/C=C\Nc2ccc(S(=O)(=O)Nc3nccs3)cc2)cc1OC. The molecule has 0 saturated carbocycles. The summed E-state index contributed by atoms with van der Waals surface area (Å²) < 4.78 is 37.4. The van der Waals surface area contributed by atoms with Gasteiger partial charge in [-0.3, -0.25) is 9.52 Å². The van der Waals surface area contributed by atoms with Crippen molar-refractivity contribution in [1.29, 1.82) is 0 Å². The van der Waals surface area contributed by atoms with Crippen molar-refractivity contribution in [2.45, 2.75) is 4.90 Å². The van der Waals surface area contributed by atoms with Gasteiger partial charge in [-0.2, -0.15) is 0 Å². The number of rotatable bonds is 9. The molecule has 2 aromatic carbocycles. The van der Waals surface area contributed by atoms with Crippen LogP contribution in [0, 0.1) is 0 Å². The number of nitrogens with one attached hydrogen (secondary N) is 2. The van der Waals surface area contributed by atoms with Crippen LogP contribution >= 0.6 is 11.3 Å². The molecule has 0 saturated heterocycles. The van der Waals surface area contributed by atoms with Gasteiger partial charge in [-0.05, 0) is 42.5 Å². The van der Waals surface area contributed by atoms with E-state index in [4.69, 9.17) is 9.47 Å². The highest BCUT2D eigenvalue weighted by Gasteiger charge is 2.15. The van der Waals surface area contributed by atoms with Crippen LogP contribution in [0.15, 0.2) is 71.2 Å². The molecule has 8 nitrogen and oxygen atoms in total. The van der Waals surface area contributed by atoms with Gasteiger partial charge in [0.05, 0.1) is 19.1 Å². The molecule has 0 radical (unpaired) electrons. The molecular weight excluding hydrogens is 426 g/mol. The predicted molar refractivity (Wildman–Crippen MR) is 116 cm³/mol. The first-order valence-electron chi connectivity index (χ1n) is 8.65. The zero-order chi connectivity index (χ0) is 21.6. The summed E-state index contributed by atoms with van der Waals surface area (Å²) in [6.45, 7) is 0. The molecule has 0 fully saturated rings. The number of methoxy groups -OCH3 is 2. The Balaban J connectivity index is 1.63. The van der Waals surface area contributed by atoms with Crippen LogP contribution in [0.1, 0.15) is 10.4 Å². The maximum atomic E-state index is 12.3. The number of hydrogen-bond donors (Lipinski definition) is 2. The van der Waals surface area contributed by atoms with E-state index in [2.05, 4.69) is 15.0 Å². The van der Waals surface area contributed by atoms with Crippen LogP contribution in [-0.2, 0) is 10.0 Å². The lowest BCUT2D eigenvalue weighted by atomic mass is 10.1. The summed E-state index contributed by atoms with van der Waals surface area (Å²) in [4.78, 5) is 16.3. The van der Waals surface area contributed by atoms with E-state index in [0.29, 0.717) is 27.9 Å². The number of carbonyl (C=O) groups is 1. The predicted octanol–water partition coefficient (Wildman–Crippen LogP) is 3.77. The van der Waals surface area contributed by atoms with Gasteiger partial charge in [0.25, 0.3) is 10.0 Å². The fourth-order valence-corrected chi connectivity index (χ4v) is 4.27. The second kappa shape index (κ2) is 9.42. The van der Waals surface area contributed by atoms with Gasteiger partial charge in [0.2, 0.25) is 0 Å². The topological polar surface area (TPSA) is 107 Å². The van der Waals surface area contributed by atoms with Gasteiger partial charge in [0.1, 0.15) is 0 Å². The summed E-state index contributed by atoms with van der Waals surface area (Å²) in [6.07, 6.45) is 4.37. The lowest BCUT2D eigenvalue weighted by Gasteiger charge is -2.08. The van der Waals surface area contributed by atoms with Crippen molar-refractivity contribution in [2.24, 2.45) is 0 Å². The number of ether oxygens (including phenoxy) is 2. The van der Waals surface area contributed by atoms with E-state index in [1.165, 1.54) is 56.2 Å². The lowest BCUT2D eigenvalue weighted by Crippen LogP contribution is -2.12. The minimum atomic E-state index is -3.71. The van der Waals surface area contributed by atoms with Crippen LogP contribution in [0.4, 0.5) is 10.8 Å². The number of ketones is 1. The van der Waals surface area contributed by atoms with E-state index in [0.717, 1.165) is 0 Å². The van der Waals surface area contributed by atoms with E-state index in [-0.39, 0.29) is 10.7 Å². The molecule has 0 spiro atoms. The third-order valence-corrected chi connectivity index (χ3v) is 6.14. The van der Waals surface area contributed by atoms with E-state index >= 15 is 0 Å². The van der Waals surface area contributed by atoms with Crippen LogP contribution < -0.4 is 19.5 Å². The molecule has 156 valence electrons. The van der Waals surface area contributed by atoms with Crippen molar-refractivity contribution >= 4 is 38.0 Å². The molecule has 2 N–H and O–H groups in total. The van der Waals surface area contributed by atoms with E-state index in [9.17, 15) is 13.2 Å². The number of sulfonamides is 1. The Morgan fingerprint density at radius 3 is 2.43 bits per heavy atom. The zero-order valence-electron chi connectivity index (χ0n) is 16.2. The maximum absolute atomic E-state index is 12.3. The second-order valence-electron chi connectivity index (χ2n) is 5.88. The molecule has 0 amide bonds. The molecule has 3 aromatic rings. The van der Waals surface area contributed by atoms with Gasteiger partial charge >= 0.3 is 0 Å². The normalized spacial score (nSPS) is 11.3. The van der Waals surface area contributed by atoms with Gasteiger partial charge in [-0.15, -0.1) is 11.3 Å². The molecule has 0 aliphatic heterocycles. The molecule has 0 aliphatic carbocycles. The smallest absolute Gasteiger partial charge is 0.263 e. The Labute approximate surface area is 178 Å². The highest BCUT2D eigenvalue weighted by molar-refractivity contribution is 7.93. The Bertz CT molecular complexity index is 1140. The van der Waals surface area contributed by atoms with Crippen LogP contribution in [0.2, 0.25) is 0 Å². The maximum Gasteiger partial charge on any atom is 0.263 e. The standard InChI is InChI=1S/C20H19N3O5S2/c1-27-18-8-3-14(13-19(18)28-2)17(24)9-10-21-15-4-6-16(7-5-15)30(25,26)23-20-22-11-12-29-20/h3-13,21H,1-2H3,(H,22,23)/b10-9-. The Kier molecular flexibility index (Phi) is 6.70. The number of benzene rings is 2. The first kappa shape index (κ1) is 21.3. The van der Waals surface area contributed by atoms with Crippen molar-refractivity contribution in [3.8, 4) is 11.5 Å². The van der Waals surface area contributed by atoms with Gasteiger partial charge in [0.15, 0.2) is 22.4 Å². The zero-order valence-corrected chi connectivity index (χ0v) is 17.8. The number of allylic oxidation sites excluding steroid dienone is 1. The van der Waals surface area contributed by atoms with Crippen molar-refractivity contribution in [1.82, 2.24) is 4.98 Å². The summed E-state index contributed by atoms with van der Waals surface area (Å²) in [5.74, 6) is 0.777. The summed E-state index contributed by atoms with van der Waals surface area (Å²) in [7, 11) is -0.684. The molecule has 0 aliphatic rings. The number of carbonyl (C=O) groups excluding carboxylic acids is 1. The summed E-state index contributed by atoms with van der Waals surface area (Å²) in [6, 6.07) is 11.0. The quantitative estimate of drug-likeness (QED) is 0.381. The van der Waals surface area contributed by atoms with Gasteiger partial charge in [-0.1, -0.05) is 0 Å². The fraction of sp³-hybridized carbons (Fsp3) is 0.100. The molecule has 1 heterocycles. The molecule has 0 unspecified atom stereocenters. The van der Waals surface area contributed by atoms with Crippen molar-refractivity contribution in [3.05, 3.63) is 71.9 Å². The first-order chi connectivity index (χ1) is 14.4. The number of nitrogens with zero attached hydrogens (tertiary/aromatic N) is 1. The summed E-state index contributed by atoms with van der Waals surface area (Å²) in [5.41, 5.74) is 1.07. The van der Waals surface area contributed by atoms with Gasteiger partial charge in [-0.25, -0.2) is 13.4 Å². The first-order valence-corrected chi connectivity index (χ1v) is 11.0. The van der Waals surface area contributed by atoms with Crippen LogP contribution in [0.25, 0.3) is 0 Å². The highest BCUT2D eigenvalue weighted by Crippen LogP contribution is 2.27. The van der Waals surface area contributed by atoms with Gasteiger partial charge in [0, 0.05) is 35.1 Å². The van der Waals surface area contributed by atoms with Crippen molar-refractivity contribution in [3.63, 3.8) is 0 Å². The summed E-state index contributed by atoms with van der Waals surface area (Å²) in [5, 5.41) is 4.92. The van der Waals surface area contributed by atoms with Gasteiger partial charge < -0.3 is 14.8 Å². The fourth-order valence-electron chi connectivity index (χ4n) is 2.48. The minimum Gasteiger partial charge on any atom is -0.493 e. The molecule has 3 rings (SSSR count). The Morgan fingerprint density at radius 1 is 1.07 bits per heavy atom. The van der Waals surface area contributed by atoms with Crippen LogP contribution in [0.3, 0.4) is 0 Å². The highest BCUT2D eigenvalue weighted by atomic mass is 32.2. The molecule has 10 heteroatoms. The van der Waals surface area contributed by atoms with E-state index in [1.807, 2.05) is 0 Å². The number of hydrogen-bond acceptors (Lipinski definition) is 8. The van der Waals surface area contributed by atoms with Crippen molar-refractivity contribution < 1.29 is 22.7 Å². The third-order valence-electron chi connectivity index (χ3n) is 3.97. The average molecular weight is 446 g/mol. The Morgan fingerprint density at radius 2 is 1.80 bits per heavy atom. The third kappa shape index (κ3) is 5.16. The number of anilines is 2. The molecule has 30 heavy (non-hydrogen) atoms. The number of aromatic nitrogens is 1.